The fourth-order valence-electron chi connectivity index (χ4n) is 2.66. The molecule has 128 valence electrons. The van der Waals surface area contributed by atoms with Gasteiger partial charge in [0, 0.05) is 11.3 Å². The van der Waals surface area contributed by atoms with Gasteiger partial charge in [0.25, 0.3) is 5.91 Å². The Morgan fingerprint density at radius 2 is 1.79 bits per heavy atom. The van der Waals surface area contributed by atoms with Crippen LogP contribution >= 0.6 is 0 Å². The Hall–Kier alpha value is -2.40. The number of likely N-dealkylation sites (N-methyl/N-ethyl adjacent to an activating group) is 1. The molecule has 1 unspecified atom stereocenters. The van der Waals surface area contributed by atoms with E-state index in [2.05, 4.69) is 5.32 Å². The van der Waals surface area contributed by atoms with E-state index in [-0.39, 0.29) is 17.8 Å². The maximum Gasteiger partial charge on any atom is 0.279 e. The topological polar surface area (TPSA) is 42.8 Å². The Bertz CT molecular complexity index is 656. The molecule has 0 aliphatic carbocycles. The van der Waals surface area contributed by atoms with Crippen molar-refractivity contribution >= 4 is 11.6 Å². The lowest BCUT2D eigenvalue weighted by molar-refractivity contribution is -0.920. The Morgan fingerprint density at radius 1 is 1.17 bits per heavy atom. The van der Waals surface area contributed by atoms with Crippen molar-refractivity contribution in [3.63, 3.8) is 0 Å². The van der Waals surface area contributed by atoms with Crippen LogP contribution in [0.5, 0.6) is 5.75 Å². The molecule has 0 saturated heterocycles. The van der Waals surface area contributed by atoms with Crippen molar-refractivity contribution in [2.45, 2.75) is 19.9 Å². The summed E-state index contributed by atoms with van der Waals surface area (Å²) in [5.74, 6) is 0.450. The second-order valence-corrected chi connectivity index (χ2v) is 5.74. The largest absolute Gasteiger partial charge is 0.497 e. The molecule has 0 radical (unpaired) electrons. The van der Waals surface area contributed by atoms with E-state index < -0.39 is 0 Å². The number of ether oxygens (including phenoxy) is 1. The van der Waals surface area contributed by atoms with Gasteiger partial charge in [-0.1, -0.05) is 12.1 Å². The summed E-state index contributed by atoms with van der Waals surface area (Å²) in [7, 11) is 1.60. The van der Waals surface area contributed by atoms with Crippen LogP contribution in [0.4, 0.5) is 10.1 Å². The third kappa shape index (κ3) is 4.80. The van der Waals surface area contributed by atoms with Crippen LogP contribution in [0.3, 0.4) is 0 Å². The zero-order valence-electron chi connectivity index (χ0n) is 14.3. The van der Waals surface area contributed by atoms with Gasteiger partial charge in [-0.15, -0.1) is 0 Å². The monoisotopic (exact) mass is 331 g/mol. The number of methoxy groups -OCH3 is 1. The highest BCUT2D eigenvalue weighted by Crippen LogP contribution is 2.15. The van der Waals surface area contributed by atoms with Crippen molar-refractivity contribution in [3.05, 3.63) is 59.9 Å². The maximum atomic E-state index is 13.1. The lowest BCUT2D eigenvalue weighted by Gasteiger charge is -2.24. The molecule has 0 saturated carbocycles. The predicted octanol–water partition coefficient (Wildman–Crippen LogP) is 2.44. The van der Waals surface area contributed by atoms with Gasteiger partial charge in [-0.3, -0.25) is 4.79 Å². The van der Waals surface area contributed by atoms with Crippen molar-refractivity contribution in [3.8, 4) is 5.75 Å². The van der Waals surface area contributed by atoms with Crippen molar-refractivity contribution in [2.75, 3.05) is 25.5 Å². The van der Waals surface area contributed by atoms with Gasteiger partial charge in [-0.05, 0) is 50.2 Å². The molecule has 1 amide bonds. The summed E-state index contributed by atoms with van der Waals surface area (Å²) in [6.07, 6.45) is 0. The smallest absolute Gasteiger partial charge is 0.279 e. The third-order valence-corrected chi connectivity index (χ3v) is 4.20. The van der Waals surface area contributed by atoms with E-state index in [0.717, 1.165) is 28.4 Å². The van der Waals surface area contributed by atoms with Crippen molar-refractivity contribution in [1.29, 1.82) is 0 Å². The minimum atomic E-state index is -0.249. The summed E-state index contributed by atoms with van der Waals surface area (Å²) in [4.78, 5) is 13.4. The first kappa shape index (κ1) is 17.9. The number of benzene rings is 2. The molecular weight excluding hydrogens is 307 g/mol. The highest BCUT2D eigenvalue weighted by atomic mass is 19.1. The van der Waals surface area contributed by atoms with Crippen LogP contribution in [0.15, 0.2) is 48.5 Å². The van der Waals surface area contributed by atoms with Crippen LogP contribution in [0.2, 0.25) is 0 Å². The van der Waals surface area contributed by atoms with Crippen LogP contribution < -0.4 is 15.0 Å². The van der Waals surface area contributed by atoms with Gasteiger partial charge < -0.3 is 15.0 Å². The molecule has 0 aliphatic rings. The van der Waals surface area contributed by atoms with E-state index in [9.17, 15) is 9.18 Å². The van der Waals surface area contributed by atoms with Gasteiger partial charge in [0.05, 0.1) is 13.7 Å². The van der Waals surface area contributed by atoms with Gasteiger partial charge >= 0.3 is 0 Å². The summed E-state index contributed by atoms with van der Waals surface area (Å²) >= 11 is 0. The molecule has 2 aromatic carbocycles. The molecule has 0 spiro atoms. The zero-order valence-corrected chi connectivity index (χ0v) is 14.3. The van der Waals surface area contributed by atoms with Crippen LogP contribution in [0.25, 0.3) is 0 Å². The maximum absolute atomic E-state index is 13.1. The van der Waals surface area contributed by atoms with Crippen LogP contribution in [-0.4, -0.2) is 26.1 Å². The van der Waals surface area contributed by atoms with Crippen LogP contribution in [0, 0.1) is 5.82 Å². The van der Waals surface area contributed by atoms with Gasteiger partial charge in [0.15, 0.2) is 6.54 Å². The van der Waals surface area contributed by atoms with E-state index in [1.165, 1.54) is 12.1 Å². The highest BCUT2D eigenvalue weighted by molar-refractivity contribution is 5.91. The predicted molar refractivity (Wildman–Crippen MR) is 92.8 cm³/mol. The molecule has 5 heteroatoms. The quantitative estimate of drug-likeness (QED) is 0.818. The molecule has 2 aromatic rings. The summed E-state index contributed by atoms with van der Waals surface area (Å²) in [5.41, 5.74) is 1.76. The average Bonchev–Trinajstić information content (AvgIpc) is 2.60. The SMILES string of the molecule is CC[NH+](CC(=O)Nc1ccc(OC)cc1)[C@@H](C)c1ccc(F)cc1. The number of amides is 1. The number of rotatable bonds is 7. The molecule has 24 heavy (non-hydrogen) atoms. The van der Waals surface area contributed by atoms with Crippen LogP contribution in [0.1, 0.15) is 25.5 Å². The first-order valence-corrected chi connectivity index (χ1v) is 8.07. The summed E-state index contributed by atoms with van der Waals surface area (Å²) < 4.78 is 18.2. The number of nitrogens with one attached hydrogen (secondary N) is 2. The molecule has 0 heterocycles. The zero-order chi connectivity index (χ0) is 17.5. The van der Waals surface area contributed by atoms with E-state index in [4.69, 9.17) is 4.74 Å². The minimum Gasteiger partial charge on any atom is -0.497 e. The number of halogens is 1. The van der Waals surface area contributed by atoms with Gasteiger partial charge in [0.1, 0.15) is 17.6 Å². The first-order chi connectivity index (χ1) is 11.5. The van der Waals surface area contributed by atoms with Gasteiger partial charge in [-0.25, -0.2) is 4.39 Å². The summed E-state index contributed by atoms with van der Waals surface area (Å²) in [5, 5.41) is 2.90. The Labute approximate surface area is 142 Å². The van der Waals surface area contributed by atoms with Crippen LogP contribution in [-0.2, 0) is 4.79 Å². The molecule has 2 N–H and O–H groups in total. The third-order valence-electron chi connectivity index (χ3n) is 4.20. The van der Waals surface area contributed by atoms with Crippen molar-refractivity contribution in [2.24, 2.45) is 0 Å². The van der Waals surface area contributed by atoms with E-state index in [0.29, 0.717) is 6.54 Å². The van der Waals surface area contributed by atoms with Gasteiger partial charge in [0.2, 0.25) is 0 Å². The lowest BCUT2D eigenvalue weighted by atomic mass is 10.1. The molecule has 0 aromatic heterocycles. The second-order valence-electron chi connectivity index (χ2n) is 5.74. The molecule has 4 nitrogen and oxygen atoms in total. The average molecular weight is 331 g/mol. The highest BCUT2D eigenvalue weighted by Gasteiger charge is 2.21. The number of carbonyl (C=O) groups is 1. The molecule has 0 aliphatic heterocycles. The number of anilines is 1. The fourth-order valence-corrected chi connectivity index (χ4v) is 2.66. The number of carbonyl (C=O) groups excluding carboxylic acids is 1. The molecule has 0 bridgehead atoms. The fraction of sp³-hybridized carbons (Fsp3) is 0.316. The summed E-state index contributed by atoms with van der Waals surface area (Å²) in [6.45, 7) is 5.23. The normalized spacial score (nSPS) is 13.2. The lowest BCUT2D eigenvalue weighted by Crippen LogP contribution is -3.12. The number of hydrogen-bond donors (Lipinski definition) is 2. The molecule has 0 fully saturated rings. The van der Waals surface area contributed by atoms with E-state index in [1.54, 1.807) is 31.4 Å². The first-order valence-electron chi connectivity index (χ1n) is 8.07. The standard InChI is InChI=1S/C19H23FN2O2/c1-4-22(14(2)15-5-7-16(20)8-6-15)13-19(23)21-17-9-11-18(24-3)12-10-17/h5-12,14H,4,13H2,1-3H3,(H,21,23)/p+1/t14-/m0/s1. The Balaban J connectivity index is 1.97. The second kappa shape index (κ2) is 8.45. The summed E-state index contributed by atoms with van der Waals surface area (Å²) in [6, 6.07) is 13.8. The molecular formula is C19H24FN2O2+. The Morgan fingerprint density at radius 3 is 2.33 bits per heavy atom. The molecule has 2 atom stereocenters. The molecule has 2 rings (SSSR count). The Kier molecular flexibility index (Phi) is 6.32. The number of quaternary nitrogens is 1. The van der Waals surface area contributed by atoms with Crippen molar-refractivity contribution in [1.82, 2.24) is 0 Å². The van der Waals surface area contributed by atoms with Gasteiger partial charge in [-0.2, -0.15) is 0 Å². The van der Waals surface area contributed by atoms with E-state index in [1.807, 2.05) is 26.0 Å². The van der Waals surface area contributed by atoms with E-state index >= 15 is 0 Å². The number of hydrogen-bond acceptors (Lipinski definition) is 2. The van der Waals surface area contributed by atoms with Crippen molar-refractivity contribution < 1.29 is 18.8 Å². The minimum absolute atomic E-state index is 0.0500.